The van der Waals surface area contributed by atoms with E-state index in [-0.39, 0.29) is 11.5 Å². The molecule has 0 saturated heterocycles. The highest BCUT2D eigenvalue weighted by molar-refractivity contribution is 6.04. The molecule has 2 aromatic rings. The van der Waals surface area contributed by atoms with Crippen molar-refractivity contribution in [3.63, 3.8) is 0 Å². The Kier molecular flexibility index (Phi) is 5.56. The summed E-state index contributed by atoms with van der Waals surface area (Å²) in [6.45, 7) is -2.52. The van der Waals surface area contributed by atoms with Gasteiger partial charge >= 0.3 is 6.61 Å². The summed E-state index contributed by atoms with van der Waals surface area (Å²) < 4.78 is 62.8. The fourth-order valence-corrected chi connectivity index (χ4v) is 3.36. The van der Waals surface area contributed by atoms with Crippen molar-refractivity contribution in [2.24, 2.45) is 10.9 Å². The topological polar surface area (TPSA) is 30.8 Å². The molecule has 1 heterocycles. The van der Waals surface area contributed by atoms with Gasteiger partial charge in [-0.3, -0.25) is 4.99 Å². The summed E-state index contributed by atoms with van der Waals surface area (Å²) in [6.07, 6.45) is 7.00. The molecule has 2 aliphatic rings. The molecule has 3 nitrogen and oxygen atoms in total. The number of halogens is 4. The van der Waals surface area contributed by atoms with E-state index >= 15 is 0 Å². The minimum Gasteiger partial charge on any atom is -0.489 e. The maximum Gasteiger partial charge on any atom is 0.387 e. The number of nitrogens with zero attached hydrogens (tertiary/aromatic N) is 1. The third-order valence-corrected chi connectivity index (χ3v) is 5.13. The van der Waals surface area contributed by atoms with Crippen molar-refractivity contribution in [2.45, 2.75) is 32.3 Å². The van der Waals surface area contributed by atoms with E-state index in [4.69, 9.17) is 4.74 Å². The minimum absolute atomic E-state index is 0.0257. The molecular formula is C22H19F4NO2. The molecule has 4 rings (SSSR count). The molecule has 0 amide bonds. The Morgan fingerprint density at radius 3 is 2.62 bits per heavy atom. The predicted molar refractivity (Wildman–Crippen MR) is 102 cm³/mol. The average molecular weight is 405 g/mol. The van der Waals surface area contributed by atoms with Gasteiger partial charge in [-0.25, -0.2) is 8.78 Å². The number of hydrogen-bond acceptors (Lipinski definition) is 3. The SMILES string of the molecule is Fc1cc2c(cc1F)N=C(/C=C/c1cccc(OC(F)F)c1OCC1CCC1)C2. The lowest BCUT2D eigenvalue weighted by atomic mass is 9.86. The Hall–Kier alpha value is -2.83. The number of fused-ring (bicyclic) bond motifs is 1. The van der Waals surface area contributed by atoms with Gasteiger partial charge in [0.05, 0.1) is 12.3 Å². The monoisotopic (exact) mass is 405 g/mol. The smallest absolute Gasteiger partial charge is 0.387 e. The highest BCUT2D eigenvalue weighted by Gasteiger charge is 2.21. The van der Waals surface area contributed by atoms with Gasteiger partial charge in [0.2, 0.25) is 0 Å². The predicted octanol–water partition coefficient (Wildman–Crippen LogP) is 6.09. The van der Waals surface area contributed by atoms with Crippen molar-refractivity contribution in [1.29, 1.82) is 0 Å². The van der Waals surface area contributed by atoms with Gasteiger partial charge in [-0.1, -0.05) is 18.6 Å². The zero-order valence-electron chi connectivity index (χ0n) is 15.5. The molecule has 1 aliphatic carbocycles. The van der Waals surface area contributed by atoms with Gasteiger partial charge < -0.3 is 9.47 Å². The van der Waals surface area contributed by atoms with Gasteiger partial charge in [-0.05, 0) is 48.6 Å². The zero-order valence-corrected chi connectivity index (χ0v) is 15.5. The molecule has 7 heteroatoms. The van der Waals surface area contributed by atoms with Crippen molar-refractivity contribution in [2.75, 3.05) is 6.61 Å². The number of hydrogen-bond donors (Lipinski definition) is 0. The van der Waals surface area contributed by atoms with E-state index in [9.17, 15) is 17.6 Å². The van der Waals surface area contributed by atoms with Crippen LogP contribution < -0.4 is 9.47 Å². The van der Waals surface area contributed by atoms with E-state index in [1.165, 1.54) is 6.07 Å². The molecular weight excluding hydrogens is 386 g/mol. The second kappa shape index (κ2) is 8.27. The first-order chi connectivity index (χ1) is 14.0. The van der Waals surface area contributed by atoms with Crippen LogP contribution in [0.2, 0.25) is 0 Å². The van der Waals surface area contributed by atoms with Crippen LogP contribution in [0, 0.1) is 17.6 Å². The number of para-hydroxylation sites is 1. The van der Waals surface area contributed by atoms with Gasteiger partial charge in [-0.15, -0.1) is 0 Å². The van der Waals surface area contributed by atoms with Crippen LogP contribution in [0.3, 0.4) is 0 Å². The molecule has 0 N–H and O–H groups in total. The number of allylic oxidation sites excluding steroid dienone is 1. The van der Waals surface area contributed by atoms with Gasteiger partial charge in [0.15, 0.2) is 23.1 Å². The average Bonchev–Trinajstić information content (AvgIpc) is 3.01. The molecule has 0 radical (unpaired) electrons. The van der Waals surface area contributed by atoms with Crippen molar-refractivity contribution in [3.8, 4) is 11.5 Å². The number of alkyl halides is 2. The highest BCUT2D eigenvalue weighted by atomic mass is 19.3. The van der Waals surface area contributed by atoms with Crippen molar-refractivity contribution in [3.05, 3.63) is 59.2 Å². The maximum atomic E-state index is 13.4. The highest BCUT2D eigenvalue weighted by Crippen LogP contribution is 2.36. The Morgan fingerprint density at radius 2 is 1.90 bits per heavy atom. The normalized spacial score (nSPS) is 16.1. The van der Waals surface area contributed by atoms with Crippen LogP contribution in [0.4, 0.5) is 23.2 Å². The van der Waals surface area contributed by atoms with E-state index in [1.807, 2.05) is 0 Å². The van der Waals surface area contributed by atoms with Gasteiger partial charge in [0, 0.05) is 23.8 Å². The summed E-state index contributed by atoms with van der Waals surface area (Å²) in [5.74, 6) is -1.20. The summed E-state index contributed by atoms with van der Waals surface area (Å²) in [4.78, 5) is 4.30. The van der Waals surface area contributed by atoms with Gasteiger partial charge in [0.25, 0.3) is 0 Å². The molecule has 1 fully saturated rings. The third-order valence-electron chi connectivity index (χ3n) is 5.13. The largest absolute Gasteiger partial charge is 0.489 e. The summed E-state index contributed by atoms with van der Waals surface area (Å²) in [6, 6.07) is 6.97. The van der Waals surface area contributed by atoms with E-state index in [1.54, 1.807) is 24.3 Å². The second-order valence-corrected chi connectivity index (χ2v) is 7.17. The Morgan fingerprint density at radius 1 is 1.10 bits per heavy atom. The quantitative estimate of drug-likeness (QED) is 0.522. The molecule has 0 spiro atoms. The first-order valence-electron chi connectivity index (χ1n) is 9.44. The van der Waals surface area contributed by atoms with Crippen LogP contribution in [0.25, 0.3) is 6.08 Å². The lowest BCUT2D eigenvalue weighted by molar-refractivity contribution is -0.0517. The molecule has 0 unspecified atom stereocenters. The van der Waals surface area contributed by atoms with Crippen LogP contribution in [-0.4, -0.2) is 18.9 Å². The van der Waals surface area contributed by atoms with Crippen LogP contribution in [-0.2, 0) is 6.42 Å². The number of rotatable bonds is 7. The Labute approximate surface area is 165 Å². The van der Waals surface area contributed by atoms with Gasteiger partial charge in [0.1, 0.15) is 0 Å². The van der Waals surface area contributed by atoms with Crippen LogP contribution in [0.1, 0.15) is 30.4 Å². The van der Waals surface area contributed by atoms with Crippen LogP contribution in [0.15, 0.2) is 41.4 Å². The molecule has 0 atom stereocenters. The van der Waals surface area contributed by atoms with E-state index in [2.05, 4.69) is 9.73 Å². The molecule has 1 aliphatic heterocycles. The fraction of sp³-hybridized carbons (Fsp3) is 0.318. The molecule has 2 aromatic carbocycles. The minimum atomic E-state index is -2.96. The first-order valence-corrected chi connectivity index (χ1v) is 9.44. The second-order valence-electron chi connectivity index (χ2n) is 7.17. The summed E-state index contributed by atoms with van der Waals surface area (Å²) in [5.41, 5.74) is 2.16. The lowest BCUT2D eigenvalue weighted by Gasteiger charge is -2.26. The Bertz CT molecular complexity index is 968. The molecule has 1 saturated carbocycles. The van der Waals surface area contributed by atoms with Crippen molar-refractivity contribution in [1.82, 2.24) is 0 Å². The Balaban J connectivity index is 1.56. The standard InChI is InChI=1S/C22H19F4NO2/c23-17-10-15-9-16(27-19(15)11-18(17)24)8-7-14-5-2-6-20(29-22(25)26)21(14)28-12-13-3-1-4-13/h2,5-8,10-11,13,22H,1,3-4,9,12H2/b8-7+. The molecule has 0 aromatic heterocycles. The first kappa shape index (κ1) is 19.5. The summed E-state index contributed by atoms with van der Waals surface area (Å²) in [5, 5.41) is 0. The zero-order chi connectivity index (χ0) is 20.4. The molecule has 152 valence electrons. The lowest BCUT2D eigenvalue weighted by Crippen LogP contribution is -2.20. The fourth-order valence-electron chi connectivity index (χ4n) is 3.36. The number of benzene rings is 2. The van der Waals surface area contributed by atoms with Crippen LogP contribution >= 0.6 is 0 Å². The van der Waals surface area contributed by atoms with E-state index in [0.29, 0.717) is 41.5 Å². The van der Waals surface area contributed by atoms with Crippen LogP contribution in [0.5, 0.6) is 11.5 Å². The molecule has 29 heavy (non-hydrogen) atoms. The van der Waals surface area contributed by atoms with Gasteiger partial charge in [-0.2, -0.15) is 8.78 Å². The number of aliphatic imine (C=N–C) groups is 1. The maximum absolute atomic E-state index is 13.4. The third kappa shape index (κ3) is 4.44. The summed E-state index contributed by atoms with van der Waals surface area (Å²) in [7, 11) is 0. The van der Waals surface area contributed by atoms with Crippen molar-refractivity contribution < 1.29 is 27.0 Å². The number of ether oxygens (including phenoxy) is 2. The summed E-state index contributed by atoms with van der Waals surface area (Å²) >= 11 is 0. The van der Waals surface area contributed by atoms with E-state index < -0.39 is 18.2 Å². The van der Waals surface area contributed by atoms with E-state index in [0.717, 1.165) is 31.4 Å². The molecule has 0 bridgehead atoms. The van der Waals surface area contributed by atoms with Crippen molar-refractivity contribution >= 4 is 17.5 Å².